The van der Waals surface area contributed by atoms with Gasteiger partial charge in [0.05, 0.1) is 11.8 Å². The Kier molecular flexibility index (Phi) is 5.89. The van der Waals surface area contributed by atoms with Gasteiger partial charge >= 0.3 is 0 Å². The van der Waals surface area contributed by atoms with E-state index in [9.17, 15) is 4.79 Å². The summed E-state index contributed by atoms with van der Waals surface area (Å²) in [6.45, 7) is 10.4. The highest BCUT2D eigenvalue weighted by Gasteiger charge is 2.16. The van der Waals surface area contributed by atoms with Gasteiger partial charge in [-0.2, -0.15) is 5.10 Å². The fourth-order valence-electron chi connectivity index (χ4n) is 1.69. The van der Waals surface area contributed by atoms with E-state index in [1.807, 2.05) is 4.90 Å². The number of aromatic amines is 1. The first-order chi connectivity index (χ1) is 8.50. The Morgan fingerprint density at radius 1 is 1.22 bits per heavy atom. The Balaban J connectivity index is 2.60. The molecule has 0 saturated carbocycles. The summed E-state index contributed by atoms with van der Waals surface area (Å²) in [7, 11) is 0. The van der Waals surface area contributed by atoms with Gasteiger partial charge in [0.25, 0.3) is 5.91 Å². The second-order valence-corrected chi connectivity index (χ2v) is 5.64. The molecule has 0 aliphatic carbocycles. The van der Waals surface area contributed by atoms with E-state index >= 15 is 0 Å². The van der Waals surface area contributed by atoms with Crippen LogP contribution in [0.1, 0.15) is 50.9 Å². The van der Waals surface area contributed by atoms with E-state index in [1.165, 1.54) is 0 Å². The number of hydrogen-bond donors (Lipinski definition) is 1. The monoisotopic (exact) mass is 251 g/mol. The molecule has 1 rings (SSSR count). The first-order valence-corrected chi connectivity index (χ1v) is 6.78. The topological polar surface area (TPSA) is 49.0 Å². The van der Waals surface area contributed by atoms with Gasteiger partial charge in [0, 0.05) is 19.3 Å². The Morgan fingerprint density at radius 2 is 1.78 bits per heavy atom. The summed E-state index contributed by atoms with van der Waals surface area (Å²) in [6, 6.07) is 0. The second kappa shape index (κ2) is 7.19. The van der Waals surface area contributed by atoms with Crippen molar-refractivity contribution in [1.29, 1.82) is 0 Å². The lowest BCUT2D eigenvalue weighted by Gasteiger charge is -2.24. The summed E-state index contributed by atoms with van der Waals surface area (Å²) in [5, 5.41) is 6.54. The molecule has 0 aliphatic rings. The van der Waals surface area contributed by atoms with Crippen molar-refractivity contribution in [2.45, 2.75) is 40.5 Å². The van der Waals surface area contributed by atoms with Gasteiger partial charge in [0.15, 0.2) is 0 Å². The fourth-order valence-corrected chi connectivity index (χ4v) is 1.69. The van der Waals surface area contributed by atoms with Crippen LogP contribution in [0, 0.1) is 11.8 Å². The third kappa shape index (κ3) is 4.90. The van der Waals surface area contributed by atoms with Crippen LogP contribution in [-0.4, -0.2) is 34.1 Å². The summed E-state index contributed by atoms with van der Waals surface area (Å²) in [6.07, 6.45) is 5.35. The molecule has 18 heavy (non-hydrogen) atoms. The van der Waals surface area contributed by atoms with Crippen molar-refractivity contribution >= 4 is 5.91 Å². The Labute approximate surface area is 110 Å². The molecule has 1 aromatic heterocycles. The molecule has 0 atom stereocenters. The van der Waals surface area contributed by atoms with E-state index in [0.717, 1.165) is 25.9 Å². The molecule has 4 heteroatoms. The Morgan fingerprint density at radius 3 is 2.17 bits per heavy atom. The summed E-state index contributed by atoms with van der Waals surface area (Å²) in [4.78, 5) is 14.2. The molecule has 1 N–H and O–H groups in total. The van der Waals surface area contributed by atoms with Crippen molar-refractivity contribution in [3.05, 3.63) is 18.0 Å². The average Bonchev–Trinajstić information content (AvgIpc) is 2.81. The van der Waals surface area contributed by atoms with Gasteiger partial charge in [-0.1, -0.05) is 27.7 Å². The lowest BCUT2D eigenvalue weighted by molar-refractivity contribution is 0.0741. The maximum atomic E-state index is 12.3. The van der Waals surface area contributed by atoms with E-state index in [-0.39, 0.29) is 5.91 Å². The lowest BCUT2D eigenvalue weighted by atomic mass is 10.1. The minimum absolute atomic E-state index is 0.0880. The zero-order chi connectivity index (χ0) is 13.5. The minimum Gasteiger partial charge on any atom is -0.339 e. The molecule has 1 heterocycles. The van der Waals surface area contributed by atoms with Crippen molar-refractivity contribution in [3.8, 4) is 0 Å². The van der Waals surface area contributed by atoms with Crippen LogP contribution in [0.3, 0.4) is 0 Å². The zero-order valence-corrected chi connectivity index (χ0v) is 11.9. The van der Waals surface area contributed by atoms with Crippen LogP contribution in [0.15, 0.2) is 12.4 Å². The lowest BCUT2D eigenvalue weighted by Crippen LogP contribution is -2.34. The fraction of sp³-hybridized carbons (Fsp3) is 0.714. The summed E-state index contributed by atoms with van der Waals surface area (Å²) >= 11 is 0. The van der Waals surface area contributed by atoms with Gasteiger partial charge < -0.3 is 4.90 Å². The van der Waals surface area contributed by atoms with Crippen molar-refractivity contribution in [1.82, 2.24) is 15.1 Å². The van der Waals surface area contributed by atoms with Crippen LogP contribution in [0.25, 0.3) is 0 Å². The van der Waals surface area contributed by atoms with E-state index in [2.05, 4.69) is 37.9 Å². The zero-order valence-electron chi connectivity index (χ0n) is 11.9. The van der Waals surface area contributed by atoms with Gasteiger partial charge in [0.2, 0.25) is 0 Å². The molecule has 1 amide bonds. The molecular weight excluding hydrogens is 226 g/mol. The highest BCUT2D eigenvalue weighted by atomic mass is 16.2. The number of nitrogens with zero attached hydrogens (tertiary/aromatic N) is 2. The third-order valence-corrected chi connectivity index (χ3v) is 2.99. The summed E-state index contributed by atoms with van der Waals surface area (Å²) in [5.41, 5.74) is 0.655. The average molecular weight is 251 g/mol. The quantitative estimate of drug-likeness (QED) is 0.810. The van der Waals surface area contributed by atoms with Crippen LogP contribution in [-0.2, 0) is 0 Å². The first kappa shape index (κ1) is 14.7. The molecule has 0 saturated heterocycles. The van der Waals surface area contributed by atoms with Crippen molar-refractivity contribution in [3.63, 3.8) is 0 Å². The van der Waals surface area contributed by atoms with Crippen LogP contribution in [0.4, 0.5) is 0 Å². The third-order valence-electron chi connectivity index (χ3n) is 2.99. The van der Waals surface area contributed by atoms with E-state index in [0.29, 0.717) is 17.4 Å². The van der Waals surface area contributed by atoms with Crippen LogP contribution >= 0.6 is 0 Å². The predicted molar refractivity (Wildman–Crippen MR) is 73.4 cm³/mol. The molecule has 0 fully saturated rings. The van der Waals surface area contributed by atoms with Gasteiger partial charge in [-0.15, -0.1) is 0 Å². The largest absolute Gasteiger partial charge is 0.339 e. The van der Waals surface area contributed by atoms with Gasteiger partial charge in [-0.05, 0) is 24.7 Å². The molecule has 4 nitrogen and oxygen atoms in total. The highest BCUT2D eigenvalue weighted by Crippen LogP contribution is 2.10. The maximum Gasteiger partial charge on any atom is 0.257 e. The van der Waals surface area contributed by atoms with Gasteiger partial charge in [0.1, 0.15) is 0 Å². The van der Waals surface area contributed by atoms with E-state index in [1.54, 1.807) is 12.4 Å². The molecule has 1 aromatic rings. The molecule has 0 bridgehead atoms. The molecule has 102 valence electrons. The molecular formula is C14H25N3O. The number of H-pyrrole nitrogens is 1. The molecule has 0 aromatic carbocycles. The predicted octanol–water partition coefficient (Wildman–Crippen LogP) is 2.94. The van der Waals surface area contributed by atoms with Crippen molar-refractivity contribution in [2.24, 2.45) is 11.8 Å². The molecule has 0 radical (unpaired) electrons. The number of carbonyl (C=O) groups excluding carboxylic acids is 1. The van der Waals surface area contributed by atoms with Gasteiger partial charge in [-0.3, -0.25) is 9.89 Å². The maximum absolute atomic E-state index is 12.3. The number of nitrogens with one attached hydrogen (secondary N) is 1. The molecule has 0 spiro atoms. The van der Waals surface area contributed by atoms with E-state index in [4.69, 9.17) is 0 Å². The number of rotatable bonds is 7. The SMILES string of the molecule is CC(C)CCN(CCC(C)C)C(=O)c1cn[nH]c1. The standard InChI is InChI=1S/C14H25N3O/c1-11(2)5-7-17(8-6-12(3)4)14(18)13-9-15-16-10-13/h9-12H,5-8H2,1-4H3,(H,15,16). The highest BCUT2D eigenvalue weighted by molar-refractivity contribution is 5.93. The van der Waals surface area contributed by atoms with Gasteiger partial charge in [-0.25, -0.2) is 0 Å². The van der Waals surface area contributed by atoms with Crippen LogP contribution < -0.4 is 0 Å². The van der Waals surface area contributed by atoms with Crippen LogP contribution in [0.5, 0.6) is 0 Å². The van der Waals surface area contributed by atoms with Crippen molar-refractivity contribution in [2.75, 3.05) is 13.1 Å². The Hall–Kier alpha value is -1.32. The number of aromatic nitrogens is 2. The smallest absolute Gasteiger partial charge is 0.257 e. The number of amides is 1. The summed E-state index contributed by atoms with van der Waals surface area (Å²) < 4.78 is 0. The van der Waals surface area contributed by atoms with E-state index < -0.39 is 0 Å². The second-order valence-electron chi connectivity index (χ2n) is 5.64. The molecule has 0 aliphatic heterocycles. The minimum atomic E-state index is 0.0880. The Bertz CT molecular complexity index is 332. The molecule has 0 unspecified atom stereocenters. The van der Waals surface area contributed by atoms with Crippen molar-refractivity contribution < 1.29 is 4.79 Å². The first-order valence-electron chi connectivity index (χ1n) is 6.78. The van der Waals surface area contributed by atoms with Crippen LogP contribution in [0.2, 0.25) is 0 Å². The number of carbonyl (C=O) groups is 1. The normalized spacial score (nSPS) is 11.2. The number of hydrogen-bond acceptors (Lipinski definition) is 2. The summed E-state index contributed by atoms with van der Waals surface area (Å²) in [5.74, 6) is 1.32.